The molecule has 0 aromatic heterocycles. The zero-order chi connectivity index (χ0) is 8.39. The van der Waals surface area contributed by atoms with Gasteiger partial charge in [-0.1, -0.05) is 6.42 Å². The van der Waals surface area contributed by atoms with E-state index < -0.39 is 0 Å². The fraction of sp³-hybridized carbons (Fsp3) is 0.625. The SMILES string of the molecule is O=C1CCCCC1N1NC=CS1. The second-order valence-electron chi connectivity index (χ2n) is 3.09. The summed E-state index contributed by atoms with van der Waals surface area (Å²) in [6.45, 7) is 0. The molecule has 1 heterocycles. The first-order valence-corrected chi connectivity index (χ1v) is 5.11. The van der Waals surface area contributed by atoms with E-state index in [1.54, 1.807) is 11.9 Å². The zero-order valence-corrected chi connectivity index (χ0v) is 7.64. The monoisotopic (exact) mass is 184 g/mol. The molecule has 2 aliphatic rings. The van der Waals surface area contributed by atoms with Gasteiger partial charge < -0.3 is 5.43 Å². The van der Waals surface area contributed by atoms with Gasteiger partial charge in [-0.15, -0.1) is 0 Å². The van der Waals surface area contributed by atoms with E-state index in [0.29, 0.717) is 5.78 Å². The smallest absolute Gasteiger partial charge is 0.152 e. The molecule has 0 radical (unpaired) electrons. The summed E-state index contributed by atoms with van der Waals surface area (Å²) in [7, 11) is 0. The van der Waals surface area contributed by atoms with Crippen molar-refractivity contribution in [2.45, 2.75) is 31.7 Å². The molecule has 3 nitrogen and oxygen atoms in total. The quantitative estimate of drug-likeness (QED) is 0.625. The lowest BCUT2D eigenvalue weighted by atomic mass is 9.95. The van der Waals surface area contributed by atoms with Gasteiger partial charge in [0.2, 0.25) is 0 Å². The Morgan fingerprint density at radius 2 is 2.50 bits per heavy atom. The van der Waals surface area contributed by atoms with E-state index in [2.05, 4.69) is 5.43 Å². The summed E-state index contributed by atoms with van der Waals surface area (Å²) in [4.78, 5) is 11.5. The maximum atomic E-state index is 11.5. The Morgan fingerprint density at radius 3 is 3.17 bits per heavy atom. The number of carbonyl (C=O) groups excluding carboxylic acids is 1. The maximum Gasteiger partial charge on any atom is 0.152 e. The van der Waals surface area contributed by atoms with Gasteiger partial charge in [-0.25, -0.2) is 0 Å². The number of nitrogens with one attached hydrogen (secondary N) is 1. The molecule has 1 aliphatic heterocycles. The average molecular weight is 184 g/mol. The molecular weight excluding hydrogens is 172 g/mol. The van der Waals surface area contributed by atoms with Crippen molar-refractivity contribution in [1.29, 1.82) is 0 Å². The van der Waals surface area contributed by atoms with Crippen molar-refractivity contribution < 1.29 is 4.79 Å². The van der Waals surface area contributed by atoms with E-state index in [1.165, 1.54) is 6.42 Å². The molecule has 1 N–H and O–H groups in total. The third-order valence-corrected chi connectivity index (χ3v) is 3.09. The van der Waals surface area contributed by atoms with Crippen LogP contribution in [0.15, 0.2) is 11.6 Å². The number of nitrogens with zero attached hydrogens (tertiary/aromatic N) is 1. The van der Waals surface area contributed by atoms with Crippen LogP contribution in [0, 0.1) is 0 Å². The van der Waals surface area contributed by atoms with E-state index in [1.807, 2.05) is 16.0 Å². The predicted molar refractivity (Wildman–Crippen MR) is 49.0 cm³/mol. The summed E-state index contributed by atoms with van der Waals surface area (Å²) in [5.41, 5.74) is 3.05. The summed E-state index contributed by atoms with van der Waals surface area (Å²) in [6.07, 6.45) is 5.87. The van der Waals surface area contributed by atoms with Crippen molar-refractivity contribution in [2.24, 2.45) is 0 Å². The van der Waals surface area contributed by atoms with Crippen LogP contribution in [0.1, 0.15) is 25.7 Å². The Hall–Kier alpha value is -0.480. The van der Waals surface area contributed by atoms with Crippen LogP contribution in [-0.4, -0.2) is 16.2 Å². The summed E-state index contributed by atoms with van der Waals surface area (Å²) in [6, 6.07) is 0.0961. The highest BCUT2D eigenvalue weighted by atomic mass is 32.2. The third kappa shape index (κ3) is 1.49. The van der Waals surface area contributed by atoms with E-state index in [9.17, 15) is 4.79 Å². The van der Waals surface area contributed by atoms with Crippen LogP contribution in [0.5, 0.6) is 0 Å². The highest BCUT2D eigenvalue weighted by molar-refractivity contribution is 8.00. The van der Waals surface area contributed by atoms with Crippen molar-refractivity contribution in [3.05, 3.63) is 11.6 Å². The summed E-state index contributed by atoms with van der Waals surface area (Å²) < 4.78 is 1.95. The Bertz CT molecular complexity index is 209. The van der Waals surface area contributed by atoms with Crippen LogP contribution in [0.25, 0.3) is 0 Å². The Morgan fingerprint density at radius 1 is 1.58 bits per heavy atom. The molecule has 0 saturated heterocycles. The van der Waals surface area contributed by atoms with Gasteiger partial charge in [-0.2, -0.15) is 4.41 Å². The molecule has 1 atom stereocenters. The Kier molecular flexibility index (Phi) is 2.37. The van der Waals surface area contributed by atoms with Crippen LogP contribution in [0.3, 0.4) is 0 Å². The highest BCUT2D eigenvalue weighted by Gasteiger charge is 2.29. The van der Waals surface area contributed by atoms with Crippen LogP contribution in [0.2, 0.25) is 0 Å². The molecule has 66 valence electrons. The van der Waals surface area contributed by atoms with Gasteiger partial charge in [-0.3, -0.25) is 4.79 Å². The van der Waals surface area contributed by atoms with Crippen molar-refractivity contribution in [2.75, 3.05) is 0 Å². The Balaban J connectivity index is 1.96. The number of hydrogen-bond acceptors (Lipinski definition) is 4. The van der Waals surface area contributed by atoms with Crippen LogP contribution in [-0.2, 0) is 4.79 Å². The minimum Gasteiger partial charge on any atom is -0.315 e. The maximum absolute atomic E-state index is 11.5. The standard InChI is InChI=1S/C8H12N2OS/c11-8-4-2-1-3-7(8)10-9-5-6-12-10/h5-7,9H,1-4H2. The molecule has 0 spiro atoms. The van der Waals surface area contributed by atoms with Gasteiger partial charge in [-0.05, 0) is 24.8 Å². The molecule has 1 fully saturated rings. The first-order chi connectivity index (χ1) is 5.88. The van der Waals surface area contributed by atoms with Crippen LogP contribution in [0.4, 0.5) is 0 Å². The molecular formula is C8H12N2OS. The summed E-state index contributed by atoms with van der Waals surface area (Å²) in [5, 5.41) is 1.96. The topological polar surface area (TPSA) is 32.3 Å². The normalized spacial score (nSPS) is 30.7. The van der Waals surface area contributed by atoms with Gasteiger partial charge >= 0.3 is 0 Å². The van der Waals surface area contributed by atoms with E-state index in [4.69, 9.17) is 0 Å². The molecule has 0 bridgehead atoms. The number of rotatable bonds is 1. The predicted octanol–water partition coefficient (Wildman–Crippen LogP) is 1.44. The highest BCUT2D eigenvalue weighted by Crippen LogP contribution is 2.25. The fourth-order valence-corrected chi connectivity index (χ4v) is 2.35. The van der Waals surface area contributed by atoms with Gasteiger partial charge in [0.1, 0.15) is 0 Å². The van der Waals surface area contributed by atoms with Crippen LogP contribution >= 0.6 is 11.9 Å². The summed E-state index contributed by atoms with van der Waals surface area (Å²) >= 11 is 1.57. The van der Waals surface area contributed by atoms with Gasteiger partial charge in [0, 0.05) is 18.0 Å². The van der Waals surface area contributed by atoms with E-state index >= 15 is 0 Å². The lowest BCUT2D eigenvalue weighted by Gasteiger charge is -2.27. The lowest BCUT2D eigenvalue weighted by molar-refractivity contribution is -0.124. The molecule has 0 aromatic carbocycles. The number of hydrogen-bond donors (Lipinski definition) is 1. The second kappa shape index (κ2) is 3.49. The third-order valence-electron chi connectivity index (χ3n) is 2.25. The number of hydrazine groups is 1. The van der Waals surface area contributed by atoms with Crippen molar-refractivity contribution in [1.82, 2.24) is 9.84 Å². The van der Waals surface area contributed by atoms with E-state index in [-0.39, 0.29) is 6.04 Å². The number of Topliss-reactive ketones (excluding diaryl/α,β-unsaturated/α-hetero) is 1. The molecule has 1 unspecified atom stereocenters. The van der Waals surface area contributed by atoms with Crippen LogP contribution < -0.4 is 5.43 Å². The molecule has 12 heavy (non-hydrogen) atoms. The minimum absolute atomic E-state index is 0.0961. The number of carbonyl (C=O) groups is 1. The van der Waals surface area contributed by atoms with E-state index in [0.717, 1.165) is 19.3 Å². The number of ketones is 1. The molecule has 2 rings (SSSR count). The summed E-state index contributed by atoms with van der Waals surface area (Å²) in [5.74, 6) is 0.380. The fourth-order valence-electron chi connectivity index (χ4n) is 1.61. The van der Waals surface area contributed by atoms with Crippen molar-refractivity contribution in [3.8, 4) is 0 Å². The second-order valence-corrected chi connectivity index (χ2v) is 3.97. The molecule has 4 heteroatoms. The van der Waals surface area contributed by atoms with Crippen molar-refractivity contribution in [3.63, 3.8) is 0 Å². The largest absolute Gasteiger partial charge is 0.315 e. The molecule has 0 amide bonds. The average Bonchev–Trinajstić information content (AvgIpc) is 2.57. The van der Waals surface area contributed by atoms with Crippen molar-refractivity contribution >= 4 is 17.7 Å². The first-order valence-electron chi connectivity index (χ1n) is 4.28. The Labute approximate surface area is 76.3 Å². The van der Waals surface area contributed by atoms with Gasteiger partial charge in [0.15, 0.2) is 5.78 Å². The van der Waals surface area contributed by atoms with Gasteiger partial charge in [0.05, 0.1) is 6.04 Å². The molecule has 1 saturated carbocycles. The molecule has 1 aliphatic carbocycles. The zero-order valence-electron chi connectivity index (χ0n) is 6.82. The molecule has 0 aromatic rings. The van der Waals surface area contributed by atoms with Gasteiger partial charge in [0.25, 0.3) is 0 Å². The minimum atomic E-state index is 0.0961. The first kappa shape index (κ1) is 8.13. The lowest BCUT2D eigenvalue weighted by Crippen LogP contribution is -2.42.